The number of hydrogen-bond acceptors (Lipinski definition) is 7. The number of carbonyl (C=O) groups is 1. The number of aliphatic hydroxyl groups excluding tert-OH is 1. The molecule has 3 aromatic rings. The number of benzene rings is 1. The monoisotopic (exact) mass is 452 g/mol. The molecule has 3 N–H and O–H groups in total. The van der Waals surface area contributed by atoms with Crippen molar-refractivity contribution in [2.75, 3.05) is 6.61 Å². The van der Waals surface area contributed by atoms with Gasteiger partial charge in [-0.2, -0.15) is 18.3 Å². The number of alkyl halides is 3. The number of primary amides is 1. The molecule has 1 aliphatic heterocycles. The molecule has 0 saturated carbocycles. The zero-order valence-corrected chi connectivity index (χ0v) is 16.8. The van der Waals surface area contributed by atoms with Gasteiger partial charge in [-0.1, -0.05) is 0 Å². The number of aliphatic hydroxyl groups is 1. The SMILES string of the molecule is C[C@H](Oc1ccc2c(c1)OCCn1cc(-c3nc(CO)nn3CC(F)(F)F)nc1-2)C(N)=O. The number of hydrogen-bond donors (Lipinski definition) is 2. The lowest BCUT2D eigenvalue weighted by Crippen LogP contribution is -2.30. The summed E-state index contributed by atoms with van der Waals surface area (Å²) in [7, 11) is 0. The maximum Gasteiger partial charge on any atom is 0.408 e. The van der Waals surface area contributed by atoms with Crippen LogP contribution in [0.15, 0.2) is 24.4 Å². The molecule has 2 aromatic heterocycles. The average Bonchev–Trinajstić information content (AvgIpc) is 3.26. The van der Waals surface area contributed by atoms with E-state index < -0.39 is 31.3 Å². The van der Waals surface area contributed by atoms with Gasteiger partial charge in [-0.3, -0.25) is 4.79 Å². The van der Waals surface area contributed by atoms with E-state index in [9.17, 15) is 23.1 Å². The zero-order chi connectivity index (χ0) is 23.0. The topological polar surface area (TPSA) is 130 Å². The van der Waals surface area contributed by atoms with E-state index in [4.69, 9.17) is 15.2 Å². The smallest absolute Gasteiger partial charge is 0.408 e. The lowest BCUT2D eigenvalue weighted by Gasteiger charge is -2.13. The molecule has 1 aliphatic rings. The molecule has 170 valence electrons. The Labute approximate surface area is 179 Å². The number of imidazole rings is 1. The minimum atomic E-state index is -4.52. The third kappa shape index (κ3) is 4.37. The molecule has 3 heterocycles. The van der Waals surface area contributed by atoms with Gasteiger partial charge < -0.3 is 24.9 Å². The molecule has 0 radical (unpaired) electrons. The van der Waals surface area contributed by atoms with Crippen molar-refractivity contribution in [3.05, 3.63) is 30.2 Å². The molecular weight excluding hydrogens is 433 g/mol. The van der Waals surface area contributed by atoms with Crippen molar-refractivity contribution in [1.29, 1.82) is 0 Å². The fraction of sp³-hybridized carbons (Fsp3) is 0.368. The second-order valence-electron chi connectivity index (χ2n) is 7.09. The number of nitrogens with zero attached hydrogens (tertiary/aromatic N) is 5. The largest absolute Gasteiger partial charge is 0.491 e. The van der Waals surface area contributed by atoms with Gasteiger partial charge in [-0.05, 0) is 19.1 Å². The Bertz CT molecular complexity index is 1160. The third-order valence-electron chi connectivity index (χ3n) is 4.69. The summed E-state index contributed by atoms with van der Waals surface area (Å²) in [6, 6.07) is 4.88. The van der Waals surface area contributed by atoms with Gasteiger partial charge in [0.25, 0.3) is 5.91 Å². The first-order valence-electron chi connectivity index (χ1n) is 9.56. The van der Waals surface area contributed by atoms with Crippen LogP contribution in [0.3, 0.4) is 0 Å². The van der Waals surface area contributed by atoms with Crippen molar-refractivity contribution in [2.45, 2.75) is 38.9 Å². The second kappa shape index (κ2) is 8.15. The summed E-state index contributed by atoms with van der Waals surface area (Å²) in [5.74, 6) is 0.391. The highest BCUT2D eigenvalue weighted by Crippen LogP contribution is 2.36. The molecule has 0 unspecified atom stereocenters. The Morgan fingerprint density at radius 1 is 1.34 bits per heavy atom. The van der Waals surface area contributed by atoms with Crippen LogP contribution < -0.4 is 15.2 Å². The lowest BCUT2D eigenvalue weighted by molar-refractivity contribution is -0.142. The summed E-state index contributed by atoms with van der Waals surface area (Å²) in [5, 5.41) is 13.0. The number of fused-ring (bicyclic) bond motifs is 3. The molecule has 0 saturated heterocycles. The summed E-state index contributed by atoms with van der Waals surface area (Å²) in [6.45, 7) is 0.197. The van der Waals surface area contributed by atoms with E-state index in [0.29, 0.717) is 34.1 Å². The number of halogens is 3. The van der Waals surface area contributed by atoms with Crippen molar-refractivity contribution in [3.63, 3.8) is 0 Å². The first-order valence-corrected chi connectivity index (χ1v) is 9.56. The van der Waals surface area contributed by atoms with Gasteiger partial charge in [-0.15, -0.1) is 0 Å². The van der Waals surface area contributed by atoms with Gasteiger partial charge in [0.15, 0.2) is 17.8 Å². The maximum absolute atomic E-state index is 13.0. The Balaban J connectivity index is 1.72. The molecule has 0 aliphatic carbocycles. The van der Waals surface area contributed by atoms with Crippen molar-refractivity contribution >= 4 is 5.91 Å². The molecule has 1 atom stereocenters. The molecule has 1 aromatic carbocycles. The van der Waals surface area contributed by atoms with Gasteiger partial charge in [0.05, 0.1) is 12.1 Å². The quantitative estimate of drug-likeness (QED) is 0.580. The Morgan fingerprint density at radius 2 is 2.12 bits per heavy atom. The highest BCUT2D eigenvalue weighted by Gasteiger charge is 2.31. The number of amides is 1. The molecule has 0 bridgehead atoms. The zero-order valence-electron chi connectivity index (χ0n) is 16.8. The van der Waals surface area contributed by atoms with Crippen LogP contribution in [-0.2, 0) is 24.5 Å². The second-order valence-corrected chi connectivity index (χ2v) is 7.09. The summed E-state index contributed by atoms with van der Waals surface area (Å²) >= 11 is 0. The Hall–Kier alpha value is -3.61. The van der Waals surface area contributed by atoms with Crippen LogP contribution in [0.1, 0.15) is 12.7 Å². The number of carbonyl (C=O) groups excluding carboxylic acids is 1. The molecule has 1 amide bonds. The van der Waals surface area contributed by atoms with Crippen LogP contribution >= 0.6 is 0 Å². The van der Waals surface area contributed by atoms with Gasteiger partial charge in [-0.25, -0.2) is 14.6 Å². The van der Waals surface area contributed by atoms with E-state index >= 15 is 0 Å². The van der Waals surface area contributed by atoms with Crippen LogP contribution in [0.25, 0.3) is 22.9 Å². The van der Waals surface area contributed by atoms with Gasteiger partial charge in [0.2, 0.25) is 0 Å². The first-order chi connectivity index (χ1) is 15.1. The number of aromatic nitrogens is 5. The van der Waals surface area contributed by atoms with Crippen molar-refractivity contribution < 1.29 is 32.5 Å². The minimum absolute atomic E-state index is 0.107. The Kier molecular flexibility index (Phi) is 5.50. The summed E-state index contributed by atoms with van der Waals surface area (Å²) in [4.78, 5) is 19.7. The number of rotatable bonds is 6. The normalized spacial score (nSPS) is 14.2. The highest BCUT2D eigenvalue weighted by atomic mass is 19.4. The van der Waals surface area contributed by atoms with E-state index in [1.54, 1.807) is 29.0 Å². The van der Waals surface area contributed by atoms with E-state index in [1.807, 2.05) is 0 Å². The molecule has 10 nitrogen and oxygen atoms in total. The van der Waals surface area contributed by atoms with E-state index in [-0.39, 0.29) is 23.9 Å². The summed E-state index contributed by atoms with van der Waals surface area (Å²) < 4.78 is 52.6. The predicted molar refractivity (Wildman–Crippen MR) is 103 cm³/mol. The predicted octanol–water partition coefficient (Wildman–Crippen LogP) is 1.51. The van der Waals surface area contributed by atoms with Crippen LogP contribution in [0, 0.1) is 0 Å². The minimum Gasteiger partial charge on any atom is -0.491 e. The van der Waals surface area contributed by atoms with Gasteiger partial charge in [0.1, 0.15) is 42.8 Å². The molecule has 13 heteroatoms. The van der Waals surface area contributed by atoms with E-state index in [1.165, 1.54) is 6.92 Å². The number of nitrogens with two attached hydrogens (primary N) is 1. The Morgan fingerprint density at radius 3 is 2.81 bits per heavy atom. The third-order valence-corrected chi connectivity index (χ3v) is 4.69. The van der Waals surface area contributed by atoms with E-state index in [0.717, 1.165) is 0 Å². The lowest BCUT2D eigenvalue weighted by atomic mass is 10.1. The molecule has 0 fully saturated rings. The fourth-order valence-electron chi connectivity index (χ4n) is 3.23. The van der Waals surface area contributed by atoms with Crippen LogP contribution in [-0.4, -0.2) is 54.2 Å². The summed E-state index contributed by atoms with van der Waals surface area (Å²) in [5.41, 5.74) is 5.98. The standard InChI is InChI=1S/C19H19F3N6O4/c1-10(16(23)30)32-11-2-3-12-14(6-11)31-5-4-27-7-13(24-17(12)27)18-25-15(8-29)26-28(18)9-19(20,21)22/h2-3,6-7,10,29H,4-5,8-9H2,1H3,(H2,23,30)/t10-/m0/s1. The maximum atomic E-state index is 13.0. The van der Waals surface area contributed by atoms with E-state index in [2.05, 4.69) is 15.1 Å². The van der Waals surface area contributed by atoms with Gasteiger partial charge >= 0.3 is 6.18 Å². The average molecular weight is 452 g/mol. The van der Waals surface area contributed by atoms with Crippen molar-refractivity contribution in [1.82, 2.24) is 24.3 Å². The molecule has 32 heavy (non-hydrogen) atoms. The highest BCUT2D eigenvalue weighted by molar-refractivity contribution is 5.78. The molecule has 0 spiro atoms. The molecule has 4 rings (SSSR count). The number of ether oxygens (including phenoxy) is 2. The molecular formula is C19H19F3N6O4. The fourth-order valence-corrected chi connectivity index (χ4v) is 3.23. The first kappa shape index (κ1) is 21.6. The van der Waals surface area contributed by atoms with Crippen molar-refractivity contribution in [3.8, 4) is 34.4 Å². The van der Waals surface area contributed by atoms with Gasteiger partial charge in [0, 0.05) is 12.3 Å². The van der Waals surface area contributed by atoms with Crippen molar-refractivity contribution in [2.24, 2.45) is 5.73 Å². The summed E-state index contributed by atoms with van der Waals surface area (Å²) in [6.07, 6.45) is -3.80. The van der Waals surface area contributed by atoms with Crippen LogP contribution in [0.5, 0.6) is 11.5 Å². The van der Waals surface area contributed by atoms with Crippen LogP contribution in [0.2, 0.25) is 0 Å². The van der Waals surface area contributed by atoms with Crippen LogP contribution in [0.4, 0.5) is 13.2 Å².